The Kier molecular flexibility index (Phi) is 2.83. The molecule has 94 valence electrons. The Morgan fingerprint density at radius 3 is 2.78 bits per heavy atom. The summed E-state index contributed by atoms with van der Waals surface area (Å²) in [5.74, 6) is 1.34. The first-order valence-corrected chi connectivity index (χ1v) is 6.07. The van der Waals surface area contributed by atoms with Crippen molar-refractivity contribution in [1.29, 1.82) is 0 Å². The smallest absolute Gasteiger partial charge is 0.244 e. The summed E-state index contributed by atoms with van der Waals surface area (Å²) in [4.78, 5) is 4.38. The van der Waals surface area contributed by atoms with Gasteiger partial charge in [-0.05, 0) is 43.1 Å². The van der Waals surface area contributed by atoms with Crippen LogP contribution in [0.5, 0.6) is 0 Å². The summed E-state index contributed by atoms with van der Waals surface area (Å²) in [7, 11) is 0. The van der Waals surface area contributed by atoms with Crippen molar-refractivity contribution in [3.05, 3.63) is 36.0 Å². The van der Waals surface area contributed by atoms with Gasteiger partial charge in [0.1, 0.15) is 5.82 Å². The number of rotatable bonds is 2. The molecule has 0 aliphatic carbocycles. The Hall–Kier alpha value is -1.75. The number of nitrogens with zero attached hydrogens (tertiary/aromatic N) is 2. The second-order valence-electron chi connectivity index (χ2n) is 4.66. The summed E-state index contributed by atoms with van der Waals surface area (Å²) in [6, 6.07) is 6.21. The fourth-order valence-corrected chi connectivity index (χ4v) is 2.24. The van der Waals surface area contributed by atoms with E-state index in [0.717, 1.165) is 18.5 Å². The fourth-order valence-electron chi connectivity index (χ4n) is 2.24. The highest BCUT2D eigenvalue weighted by molar-refractivity contribution is 5.53. The van der Waals surface area contributed by atoms with Gasteiger partial charge in [-0.1, -0.05) is 12.1 Å². The fraction of sp³-hybridized carbons (Fsp3) is 0.385. The predicted octanol–water partition coefficient (Wildman–Crippen LogP) is 2.55. The number of nitrogens with one attached hydrogen (secondary N) is 1. The minimum absolute atomic E-state index is 0.131. The van der Waals surface area contributed by atoms with Gasteiger partial charge in [-0.15, -0.1) is 0 Å². The van der Waals surface area contributed by atoms with Gasteiger partial charge in [0, 0.05) is 5.56 Å². The van der Waals surface area contributed by atoms with Crippen LogP contribution >= 0.6 is 0 Å². The molecule has 1 aromatic carbocycles. The van der Waals surface area contributed by atoms with Gasteiger partial charge in [-0.2, -0.15) is 4.98 Å². The summed E-state index contributed by atoms with van der Waals surface area (Å²) >= 11 is 0. The zero-order valence-corrected chi connectivity index (χ0v) is 10.1. The van der Waals surface area contributed by atoms with Gasteiger partial charge in [0.05, 0.1) is 6.04 Å². The van der Waals surface area contributed by atoms with Gasteiger partial charge in [-0.3, -0.25) is 0 Å². The van der Waals surface area contributed by atoms with E-state index in [-0.39, 0.29) is 11.9 Å². The average molecular weight is 247 g/mol. The molecule has 0 bridgehead atoms. The normalized spacial score (nSPS) is 23.4. The molecule has 1 N–H and O–H groups in total. The van der Waals surface area contributed by atoms with E-state index in [9.17, 15) is 4.39 Å². The Morgan fingerprint density at radius 2 is 2.11 bits per heavy atom. The van der Waals surface area contributed by atoms with Crippen LogP contribution in [0.15, 0.2) is 28.8 Å². The van der Waals surface area contributed by atoms with Crippen LogP contribution in [-0.2, 0) is 0 Å². The summed E-state index contributed by atoms with van der Waals surface area (Å²) in [5.41, 5.74) is 0.761. The van der Waals surface area contributed by atoms with Crippen LogP contribution in [0.3, 0.4) is 0 Å². The molecule has 3 rings (SSSR count). The summed E-state index contributed by atoms with van der Waals surface area (Å²) in [6.45, 7) is 3.13. The van der Waals surface area contributed by atoms with Crippen LogP contribution in [0.1, 0.15) is 25.3 Å². The SMILES string of the molecule is CC1CCNC1c1nc(-c2ccc(F)cc2)no1. The molecule has 2 heterocycles. The molecule has 4 nitrogen and oxygen atoms in total. The lowest BCUT2D eigenvalue weighted by Gasteiger charge is -2.09. The molecule has 1 aromatic heterocycles. The molecule has 5 heteroatoms. The minimum Gasteiger partial charge on any atom is -0.337 e. The standard InChI is InChI=1S/C13H14FN3O/c1-8-6-7-15-11(8)13-16-12(17-18-13)9-2-4-10(14)5-3-9/h2-5,8,11,15H,6-7H2,1H3. The summed E-state index contributed by atoms with van der Waals surface area (Å²) in [6.07, 6.45) is 1.11. The molecule has 0 saturated carbocycles. The first kappa shape index (κ1) is 11.3. The Labute approximate surface area is 104 Å². The first-order chi connectivity index (χ1) is 8.74. The van der Waals surface area contributed by atoms with E-state index in [4.69, 9.17) is 4.52 Å². The second kappa shape index (κ2) is 4.49. The molecule has 2 atom stereocenters. The van der Waals surface area contributed by atoms with Crippen LogP contribution in [0.25, 0.3) is 11.4 Å². The van der Waals surface area contributed by atoms with Crippen molar-refractivity contribution in [3.8, 4) is 11.4 Å². The van der Waals surface area contributed by atoms with Crippen molar-refractivity contribution in [2.45, 2.75) is 19.4 Å². The van der Waals surface area contributed by atoms with Crippen molar-refractivity contribution in [3.63, 3.8) is 0 Å². The van der Waals surface area contributed by atoms with Crippen molar-refractivity contribution in [1.82, 2.24) is 15.5 Å². The van der Waals surface area contributed by atoms with Crippen LogP contribution in [-0.4, -0.2) is 16.7 Å². The molecule has 0 radical (unpaired) electrons. The van der Waals surface area contributed by atoms with Gasteiger partial charge in [-0.25, -0.2) is 4.39 Å². The van der Waals surface area contributed by atoms with Crippen molar-refractivity contribution in [2.75, 3.05) is 6.54 Å². The van der Waals surface area contributed by atoms with E-state index in [1.165, 1.54) is 12.1 Å². The van der Waals surface area contributed by atoms with Gasteiger partial charge in [0.15, 0.2) is 0 Å². The number of hydrogen-bond acceptors (Lipinski definition) is 4. The molecule has 0 spiro atoms. The molecule has 0 amide bonds. The zero-order valence-electron chi connectivity index (χ0n) is 10.1. The van der Waals surface area contributed by atoms with Crippen molar-refractivity contribution in [2.24, 2.45) is 5.92 Å². The highest BCUT2D eigenvalue weighted by Crippen LogP contribution is 2.29. The van der Waals surface area contributed by atoms with Crippen LogP contribution < -0.4 is 5.32 Å². The third-order valence-electron chi connectivity index (χ3n) is 3.34. The lowest BCUT2D eigenvalue weighted by atomic mass is 10.0. The maximum absolute atomic E-state index is 12.8. The van der Waals surface area contributed by atoms with Gasteiger partial charge in [0.25, 0.3) is 0 Å². The third kappa shape index (κ3) is 2.01. The summed E-state index contributed by atoms with van der Waals surface area (Å²) < 4.78 is 18.1. The number of halogens is 1. The number of benzene rings is 1. The van der Waals surface area contributed by atoms with E-state index in [1.807, 2.05) is 0 Å². The highest BCUT2D eigenvalue weighted by Gasteiger charge is 2.29. The van der Waals surface area contributed by atoms with Crippen molar-refractivity contribution >= 4 is 0 Å². The molecule has 1 aliphatic rings. The van der Waals surface area contributed by atoms with Gasteiger partial charge >= 0.3 is 0 Å². The van der Waals surface area contributed by atoms with Crippen molar-refractivity contribution < 1.29 is 8.91 Å². The van der Waals surface area contributed by atoms with Gasteiger partial charge < -0.3 is 9.84 Å². The van der Waals surface area contributed by atoms with Gasteiger partial charge in [0.2, 0.25) is 11.7 Å². The first-order valence-electron chi connectivity index (χ1n) is 6.07. The molecule has 2 aromatic rings. The molecular formula is C13H14FN3O. The lowest BCUT2D eigenvalue weighted by molar-refractivity contribution is 0.319. The molecular weight excluding hydrogens is 233 g/mol. The molecule has 18 heavy (non-hydrogen) atoms. The van der Waals surface area contributed by atoms with E-state index in [0.29, 0.717) is 17.6 Å². The highest BCUT2D eigenvalue weighted by atomic mass is 19.1. The third-order valence-corrected chi connectivity index (χ3v) is 3.34. The molecule has 1 aliphatic heterocycles. The largest absolute Gasteiger partial charge is 0.337 e. The van der Waals surface area contributed by atoms with Crippen LogP contribution in [0.2, 0.25) is 0 Å². The Morgan fingerprint density at radius 1 is 1.33 bits per heavy atom. The second-order valence-corrected chi connectivity index (χ2v) is 4.66. The topological polar surface area (TPSA) is 51.0 Å². The molecule has 1 saturated heterocycles. The quantitative estimate of drug-likeness (QED) is 0.886. The van der Waals surface area contributed by atoms with Crippen LogP contribution in [0.4, 0.5) is 4.39 Å². The maximum atomic E-state index is 12.8. The lowest BCUT2D eigenvalue weighted by Crippen LogP contribution is -2.16. The number of hydrogen-bond donors (Lipinski definition) is 1. The van der Waals surface area contributed by atoms with E-state index in [1.54, 1.807) is 12.1 Å². The zero-order chi connectivity index (χ0) is 12.5. The predicted molar refractivity (Wildman–Crippen MR) is 64.2 cm³/mol. The Balaban J connectivity index is 1.87. The average Bonchev–Trinajstić information content (AvgIpc) is 2.98. The maximum Gasteiger partial charge on any atom is 0.244 e. The summed E-state index contributed by atoms with van der Waals surface area (Å²) in [5, 5.41) is 7.29. The van der Waals surface area contributed by atoms with E-state index >= 15 is 0 Å². The molecule has 2 unspecified atom stereocenters. The Bertz CT molecular complexity index is 537. The monoisotopic (exact) mass is 247 g/mol. The van der Waals surface area contributed by atoms with E-state index in [2.05, 4.69) is 22.4 Å². The molecule has 1 fully saturated rings. The van der Waals surface area contributed by atoms with Crippen LogP contribution in [0, 0.1) is 11.7 Å². The minimum atomic E-state index is -0.270. The number of aromatic nitrogens is 2. The van der Waals surface area contributed by atoms with E-state index < -0.39 is 0 Å².